The lowest BCUT2D eigenvalue weighted by atomic mass is 10.1. The molecule has 0 spiro atoms. The highest BCUT2D eigenvalue weighted by Gasteiger charge is 2.02. The second-order valence-corrected chi connectivity index (χ2v) is 6.24. The van der Waals surface area contributed by atoms with Crippen LogP contribution in [-0.2, 0) is 6.42 Å². The highest BCUT2D eigenvalue weighted by atomic mass is 79.9. The highest BCUT2D eigenvalue weighted by molar-refractivity contribution is 9.10. The summed E-state index contributed by atoms with van der Waals surface area (Å²) in [6, 6.07) is 9.07. The van der Waals surface area contributed by atoms with Gasteiger partial charge in [-0.05, 0) is 62.4 Å². The van der Waals surface area contributed by atoms with Crippen LogP contribution in [0.1, 0.15) is 31.7 Å². The fraction of sp³-hybridized carbons (Fsp3) is 0.368. The summed E-state index contributed by atoms with van der Waals surface area (Å²) in [4.78, 5) is 0. The maximum absolute atomic E-state index is 3.82. The number of nitrogens with one attached hydrogen (secondary N) is 1. The fourth-order valence-electron chi connectivity index (χ4n) is 2.25. The number of hydrogen-bond acceptors (Lipinski definition) is 1. The Morgan fingerprint density at radius 1 is 1.24 bits per heavy atom. The normalized spacial score (nSPS) is 13.0. The Morgan fingerprint density at radius 2 is 1.95 bits per heavy atom. The van der Waals surface area contributed by atoms with Gasteiger partial charge in [-0.1, -0.05) is 59.4 Å². The minimum atomic E-state index is 0.508. The number of hydrogen-bond donors (Lipinski definition) is 1. The maximum atomic E-state index is 3.82. The predicted molar refractivity (Wildman–Crippen MR) is 97.6 cm³/mol. The van der Waals surface area contributed by atoms with E-state index in [0.717, 1.165) is 23.9 Å². The summed E-state index contributed by atoms with van der Waals surface area (Å²) in [5.41, 5.74) is 2.65. The summed E-state index contributed by atoms with van der Waals surface area (Å²) in [5.74, 6) is 0. The summed E-state index contributed by atoms with van der Waals surface area (Å²) in [6.07, 6.45) is 10.3. The van der Waals surface area contributed by atoms with Gasteiger partial charge >= 0.3 is 0 Å². The molecule has 0 amide bonds. The third kappa shape index (κ3) is 8.03. The van der Waals surface area contributed by atoms with Crippen LogP contribution in [0, 0.1) is 0 Å². The van der Waals surface area contributed by atoms with Crippen LogP contribution in [0.25, 0.3) is 0 Å². The number of benzene rings is 1. The Hall–Kier alpha value is -1.12. The number of unbranched alkanes of at least 4 members (excludes halogenated alkanes) is 1. The number of halogens is 1. The number of rotatable bonds is 10. The zero-order valence-corrected chi connectivity index (χ0v) is 14.5. The smallest absolute Gasteiger partial charge is 0.0175 e. The summed E-state index contributed by atoms with van der Waals surface area (Å²) in [7, 11) is 0. The third-order valence-electron chi connectivity index (χ3n) is 3.43. The Bertz CT molecular complexity index is 459. The first kappa shape index (κ1) is 17.9. The molecule has 0 fully saturated rings. The Balaban J connectivity index is 2.17. The molecule has 1 unspecified atom stereocenters. The monoisotopic (exact) mass is 347 g/mol. The standard InChI is InChI=1S/C19H26BrN/c1-4-8-17(5-2)9-6-7-14-21-16(3)15-18-10-12-19(20)13-11-18/h4-5,8,10-13,16,21H,1-2,6-7,9,14-15H2,3H3/b17-8+. The van der Waals surface area contributed by atoms with Crippen LogP contribution >= 0.6 is 15.9 Å². The van der Waals surface area contributed by atoms with Gasteiger partial charge in [0, 0.05) is 10.5 Å². The largest absolute Gasteiger partial charge is 0.314 e. The molecule has 0 saturated heterocycles. The second kappa shape index (κ2) is 10.6. The predicted octanol–water partition coefficient (Wildman–Crippen LogP) is 5.44. The van der Waals surface area contributed by atoms with Crippen LogP contribution in [0.4, 0.5) is 0 Å². The van der Waals surface area contributed by atoms with E-state index in [1.165, 1.54) is 24.0 Å². The molecular formula is C19H26BrN. The zero-order chi connectivity index (χ0) is 15.5. The molecule has 1 atom stereocenters. The SMILES string of the molecule is C=C/C=C(\C=C)CCCCNC(C)Cc1ccc(Br)cc1. The third-order valence-corrected chi connectivity index (χ3v) is 3.96. The molecule has 0 heterocycles. The van der Waals surface area contributed by atoms with Crippen molar-refractivity contribution in [2.75, 3.05) is 6.54 Å². The second-order valence-electron chi connectivity index (χ2n) is 5.32. The van der Waals surface area contributed by atoms with E-state index < -0.39 is 0 Å². The molecule has 1 aromatic carbocycles. The van der Waals surface area contributed by atoms with Gasteiger partial charge in [-0.2, -0.15) is 0 Å². The van der Waals surface area contributed by atoms with Crippen LogP contribution in [0.5, 0.6) is 0 Å². The quantitative estimate of drug-likeness (QED) is 0.439. The molecule has 0 radical (unpaired) electrons. The molecule has 0 aromatic heterocycles. The van der Waals surface area contributed by atoms with Crippen molar-refractivity contribution in [1.29, 1.82) is 0 Å². The molecule has 0 aliphatic carbocycles. The molecular weight excluding hydrogens is 322 g/mol. The average molecular weight is 348 g/mol. The Kier molecular flexibility index (Phi) is 9.04. The van der Waals surface area contributed by atoms with Crippen LogP contribution in [0.2, 0.25) is 0 Å². The van der Waals surface area contributed by atoms with Crippen LogP contribution in [0.15, 0.2) is 65.7 Å². The van der Waals surface area contributed by atoms with Crippen LogP contribution in [0.3, 0.4) is 0 Å². The van der Waals surface area contributed by atoms with Crippen molar-refractivity contribution < 1.29 is 0 Å². The van der Waals surface area contributed by atoms with Gasteiger partial charge in [0.1, 0.15) is 0 Å². The lowest BCUT2D eigenvalue weighted by Crippen LogP contribution is -2.28. The topological polar surface area (TPSA) is 12.0 Å². The Morgan fingerprint density at radius 3 is 2.57 bits per heavy atom. The Labute approximate surface area is 138 Å². The lowest BCUT2D eigenvalue weighted by molar-refractivity contribution is 0.525. The minimum Gasteiger partial charge on any atom is -0.314 e. The first-order valence-corrected chi connectivity index (χ1v) is 8.37. The molecule has 114 valence electrons. The summed E-state index contributed by atoms with van der Waals surface area (Å²) >= 11 is 3.47. The molecule has 0 bridgehead atoms. The molecule has 0 saturated carbocycles. The van der Waals surface area contributed by atoms with Crippen molar-refractivity contribution in [1.82, 2.24) is 5.32 Å². The van der Waals surface area contributed by atoms with Gasteiger partial charge in [0.15, 0.2) is 0 Å². The average Bonchev–Trinajstić information content (AvgIpc) is 2.48. The molecule has 1 nitrogen and oxygen atoms in total. The van der Waals surface area contributed by atoms with Gasteiger partial charge in [-0.15, -0.1) is 0 Å². The molecule has 2 heteroatoms. The van der Waals surface area contributed by atoms with Gasteiger partial charge in [-0.25, -0.2) is 0 Å². The molecule has 0 aliphatic heterocycles. The summed E-state index contributed by atoms with van der Waals surface area (Å²) < 4.78 is 1.14. The van der Waals surface area contributed by atoms with E-state index in [4.69, 9.17) is 0 Å². The van der Waals surface area contributed by atoms with E-state index >= 15 is 0 Å². The highest BCUT2D eigenvalue weighted by Crippen LogP contribution is 2.12. The molecule has 1 N–H and O–H groups in total. The maximum Gasteiger partial charge on any atom is 0.0175 e. The van der Waals surface area contributed by atoms with Crippen molar-refractivity contribution in [3.63, 3.8) is 0 Å². The van der Waals surface area contributed by atoms with E-state index in [9.17, 15) is 0 Å². The summed E-state index contributed by atoms with van der Waals surface area (Å²) in [5, 5.41) is 3.59. The van der Waals surface area contributed by atoms with Crippen molar-refractivity contribution in [3.8, 4) is 0 Å². The summed E-state index contributed by atoms with van der Waals surface area (Å²) in [6.45, 7) is 10.9. The molecule has 1 aromatic rings. The molecule has 21 heavy (non-hydrogen) atoms. The van der Waals surface area contributed by atoms with Crippen molar-refractivity contribution >= 4 is 15.9 Å². The molecule has 1 rings (SSSR count). The number of allylic oxidation sites excluding steroid dienone is 4. The van der Waals surface area contributed by atoms with E-state index in [0.29, 0.717) is 6.04 Å². The van der Waals surface area contributed by atoms with Crippen LogP contribution < -0.4 is 5.32 Å². The zero-order valence-electron chi connectivity index (χ0n) is 12.9. The van der Waals surface area contributed by atoms with Gasteiger partial charge < -0.3 is 5.32 Å². The van der Waals surface area contributed by atoms with Gasteiger partial charge in [0.25, 0.3) is 0 Å². The van der Waals surface area contributed by atoms with Crippen molar-refractivity contribution in [2.24, 2.45) is 0 Å². The van der Waals surface area contributed by atoms with Crippen LogP contribution in [-0.4, -0.2) is 12.6 Å². The first-order valence-electron chi connectivity index (χ1n) is 7.57. The van der Waals surface area contributed by atoms with E-state index in [1.807, 2.05) is 18.2 Å². The first-order chi connectivity index (χ1) is 10.2. The van der Waals surface area contributed by atoms with Gasteiger partial charge in [0.2, 0.25) is 0 Å². The minimum absolute atomic E-state index is 0.508. The fourth-order valence-corrected chi connectivity index (χ4v) is 2.52. The van der Waals surface area contributed by atoms with E-state index in [-0.39, 0.29) is 0 Å². The van der Waals surface area contributed by atoms with E-state index in [2.05, 4.69) is 65.6 Å². The lowest BCUT2D eigenvalue weighted by Gasteiger charge is -2.14. The van der Waals surface area contributed by atoms with Gasteiger partial charge in [0.05, 0.1) is 0 Å². The van der Waals surface area contributed by atoms with E-state index in [1.54, 1.807) is 0 Å². The van der Waals surface area contributed by atoms with Crippen molar-refractivity contribution in [2.45, 2.75) is 38.6 Å². The van der Waals surface area contributed by atoms with Gasteiger partial charge in [-0.3, -0.25) is 0 Å². The van der Waals surface area contributed by atoms with Crippen molar-refractivity contribution in [3.05, 3.63) is 71.3 Å². The molecule has 0 aliphatic rings.